The van der Waals surface area contributed by atoms with Crippen molar-refractivity contribution >= 4 is 54.1 Å². The van der Waals surface area contributed by atoms with Crippen molar-refractivity contribution in [3.8, 4) is 73.2 Å². The Hall–Kier alpha value is -8.99. The van der Waals surface area contributed by atoms with E-state index in [4.69, 9.17) is 15.0 Å². The Labute approximate surface area is 387 Å². The molecule has 11 aromatic carbocycles. The van der Waals surface area contributed by atoms with Crippen molar-refractivity contribution in [3.63, 3.8) is 0 Å². The van der Waals surface area contributed by atoms with E-state index in [2.05, 4.69) is 229 Å². The Morgan fingerprint density at radius 3 is 1.49 bits per heavy atom. The molecule has 0 spiro atoms. The number of nitrogens with zero attached hydrogens (tertiary/aromatic N) is 4. The first-order valence-electron chi connectivity index (χ1n) is 22.8. The largest absolute Gasteiger partial charge is 0.308 e. The minimum atomic E-state index is 0.600. The number of hydrogen-bond acceptors (Lipinski definition) is 3. The van der Waals surface area contributed by atoms with Crippen LogP contribution in [0, 0.1) is 0 Å². The molecule has 0 atom stereocenters. The van der Waals surface area contributed by atoms with E-state index in [9.17, 15) is 0 Å². The minimum Gasteiger partial charge on any atom is -0.308 e. The van der Waals surface area contributed by atoms with Crippen molar-refractivity contribution in [2.45, 2.75) is 0 Å². The summed E-state index contributed by atoms with van der Waals surface area (Å²) in [5.74, 6) is 1.84. The van der Waals surface area contributed by atoms with Gasteiger partial charge >= 0.3 is 0 Å². The van der Waals surface area contributed by atoms with Crippen LogP contribution in [0.25, 0.3) is 127 Å². The normalized spacial score (nSPS) is 11.6. The van der Waals surface area contributed by atoms with Gasteiger partial charge in [0, 0.05) is 44.0 Å². The van der Waals surface area contributed by atoms with Gasteiger partial charge in [0.25, 0.3) is 0 Å². The number of aromatic nitrogens is 4. The zero-order valence-corrected chi connectivity index (χ0v) is 36.4. The van der Waals surface area contributed by atoms with Gasteiger partial charge in [0.1, 0.15) is 0 Å². The molecule has 0 saturated carbocycles. The standard InChI is InChI=1S/C63H40N4/c1-4-17-41(18-5-1)42-31-33-46(34-32-42)59-56(67-57-40-49-26-11-10-25-48(49)39-55(57)52-36-35-44-20-13-15-29-51(44)60(52)67)38-37-54(58(59)45-21-6-2-7-22-45)63-65-61(47-23-8-3-9-24-47)64-62(66-63)53-30-16-27-43-19-12-14-28-50(43)53/h1-40H. The van der Waals surface area contributed by atoms with Gasteiger partial charge in [-0.3, -0.25) is 0 Å². The molecule has 4 nitrogen and oxygen atoms in total. The summed E-state index contributed by atoms with van der Waals surface area (Å²) < 4.78 is 2.51. The number of hydrogen-bond donors (Lipinski definition) is 0. The van der Waals surface area contributed by atoms with Gasteiger partial charge in [-0.1, -0.05) is 218 Å². The fourth-order valence-electron chi connectivity index (χ4n) is 10.1. The quantitative estimate of drug-likeness (QED) is 0.160. The summed E-state index contributed by atoms with van der Waals surface area (Å²) in [4.78, 5) is 16.1. The second kappa shape index (κ2) is 15.9. The number of rotatable bonds is 7. The van der Waals surface area contributed by atoms with E-state index >= 15 is 0 Å². The Balaban J connectivity index is 1.17. The molecule has 0 unspecified atom stereocenters. The second-order valence-corrected chi connectivity index (χ2v) is 17.1. The summed E-state index contributed by atoms with van der Waals surface area (Å²) in [6.07, 6.45) is 0. The second-order valence-electron chi connectivity index (χ2n) is 17.1. The van der Waals surface area contributed by atoms with Gasteiger partial charge < -0.3 is 4.57 Å². The molecule has 0 radical (unpaired) electrons. The SMILES string of the molecule is c1ccc(-c2ccc(-c3c(-n4c5cc6ccccc6cc5c5ccc6ccccc6c54)ccc(-c4nc(-c5ccccc5)nc(-c5cccc6ccccc56)n4)c3-c3ccccc3)cc2)cc1. The monoisotopic (exact) mass is 852 g/mol. The first-order valence-corrected chi connectivity index (χ1v) is 22.8. The van der Waals surface area contributed by atoms with E-state index < -0.39 is 0 Å². The molecule has 312 valence electrons. The van der Waals surface area contributed by atoms with Crippen molar-refractivity contribution in [1.82, 2.24) is 19.5 Å². The van der Waals surface area contributed by atoms with Gasteiger partial charge in [-0.25, -0.2) is 15.0 Å². The molecular formula is C63H40N4. The highest BCUT2D eigenvalue weighted by molar-refractivity contribution is 6.21. The molecule has 4 heteroatoms. The lowest BCUT2D eigenvalue weighted by Crippen LogP contribution is -2.05. The van der Waals surface area contributed by atoms with Crippen LogP contribution in [-0.2, 0) is 0 Å². The molecule has 2 aromatic heterocycles. The minimum absolute atomic E-state index is 0.600. The Kier molecular flexibility index (Phi) is 9.14. The van der Waals surface area contributed by atoms with Crippen LogP contribution in [0.15, 0.2) is 243 Å². The van der Waals surface area contributed by atoms with Crippen LogP contribution in [0.1, 0.15) is 0 Å². The fourth-order valence-corrected chi connectivity index (χ4v) is 10.1. The van der Waals surface area contributed by atoms with Gasteiger partial charge in [-0.15, -0.1) is 0 Å². The van der Waals surface area contributed by atoms with Crippen molar-refractivity contribution in [2.24, 2.45) is 0 Å². The molecule has 0 aliphatic rings. The molecule has 13 aromatic rings. The zero-order chi connectivity index (χ0) is 44.3. The van der Waals surface area contributed by atoms with E-state index in [0.717, 1.165) is 66.5 Å². The topological polar surface area (TPSA) is 43.6 Å². The summed E-state index contributed by atoms with van der Waals surface area (Å²) in [7, 11) is 0. The summed E-state index contributed by atoms with van der Waals surface area (Å²) >= 11 is 0. The Morgan fingerprint density at radius 1 is 0.269 bits per heavy atom. The molecule has 13 rings (SSSR count). The van der Waals surface area contributed by atoms with E-state index in [-0.39, 0.29) is 0 Å². The highest BCUT2D eigenvalue weighted by atomic mass is 15.0. The van der Waals surface area contributed by atoms with Crippen LogP contribution in [0.2, 0.25) is 0 Å². The van der Waals surface area contributed by atoms with E-state index in [0.29, 0.717) is 17.5 Å². The molecule has 0 N–H and O–H groups in total. The van der Waals surface area contributed by atoms with Crippen LogP contribution < -0.4 is 0 Å². The molecule has 0 saturated heterocycles. The molecule has 67 heavy (non-hydrogen) atoms. The average Bonchev–Trinajstić information content (AvgIpc) is 3.73. The summed E-state index contributed by atoms with van der Waals surface area (Å²) in [5, 5.41) is 9.43. The molecule has 0 bridgehead atoms. The van der Waals surface area contributed by atoms with Crippen molar-refractivity contribution in [1.29, 1.82) is 0 Å². The summed E-state index contributed by atoms with van der Waals surface area (Å²) in [6.45, 7) is 0. The van der Waals surface area contributed by atoms with Crippen LogP contribution >= 0.6 is 0 Å². The lowest BCUT2D eigenvalue weighted by Gasteiger charge is -2.22. The molecule has 0 amide bonds. The molecule has 0 fully saturated rings. The highest BCUT2D eigenvalue weighted by Crippen LogP contribution is 2.47. The first-order chi connectivity index (χ1) is 33.2. The smallest absolute Gasteiger partial charge is 0.164 e. The third-order valence-corrected chi connectivity index (χ3v) is 13.2. The highest BCUT2D eigenvalue weighted by Gasteiger charge is 2.26. The van der Waals surface area contributed by atoms with E-state index in [1.54, 1.807) is 0 Å². The van der Waals surface area contributed by atoms with Gasteiger partial charge in [-0.2, -0.15) is 0 Å². The van der Waals surface area contributed by atoms with Gasteiger partial charge in [0.15, 0.2) is 17.5 Å². The third-order valence-electron chi connectivity index (χ3n) is 13.2. The maximum absolute atomic E-state index is 5.46. The zero-order valence-electron chi connectivity index (χ0n) is 36.4. The van der Waals surface area contributed by atoms with Crippen LogP contribution in [-0.4, -0.2) is 19.5 Å². The first kappa shape index (κ1) is 38.5. The van der Waals surface area contributed by atoms with Crippen molar-refractivity contribution < 1.29 is 0 Å². The van der Waals surface area contributed by atoms with Gasteiger partial charge in [-0.05, 0) is 73.5 Å². The van der Waals surface area contributed by atoms with Crippen LogP contribution in [0.4, 0.5) is 0 Å². The predicted octanol–water partition coefficient (Wildman–Crippen LogP) is 16.4. The van der Waals surface area contributed by atoms with Crippen molar-refractivity contribution in [3.05, 3.63) is 243 Å². The van der Waals surface area contributed by atoms with Gasteiger partial charge in [0.2, 0.25) is 0 Å². The molecule has 2 heterocycles. The molecule has 0 aliphatic carbocycles. The van der Waals surface area contributed by atoms with Gasteiger partial charge in [0.05, 0.1) is 16.7 Å². The van der Waals surface area contributed by atoms with E-state index in [1.165, 1.54) is 43.4 Å². The summed E-state index contributed by atoms with van der Waals surface area (Å²) in [6, 6.07) is 86.7. The maximum atomic E-state index is 5.46. The molecule has 0 aliphatic heterocycles. The number of benzene rings is 11. The lowest BCUT2D eigenvalue weighted by atomic mass is 9.87. The molecular weight excluding hydrogens is 813 g/mol. The van der Waals surface area contributed by atoms with Crippen LogP contribution in [0.3, 0.4) is 0 Å². The maximum Gasteiger partial charge on any atom is 0.164 e. The van der Waals surface area contributed by atoms with E-state index in [1.807, 2.05) is 18.2 Å². The summed E-state index contributed by atoms with van der Waals surface area (Å²) in [5.41, 5.74) is 12.8. The van der Waals surface area contributed by atoms with Crippen LogP contribution in [0.5, 0.6) is 0 Å². The predicted molar refractivity (Wildman–Crippen MR) is 279 cm³/mol. The lowest BCUT2D eigenvalue weighted by molar-refractivity contribution is 1.08. The fraction of sp³-hybridized carbons (Fsp3) is 0. The Morgan fingerprint density at radius 2 is 0.776 bits per heavy atom. The van der Waals surface area contributed by atoms with Crippen molar-refractivity contribution in [2.75, 3.05) is 0 Å². The number of fused-ring (bicyclic) bond motifs is 7. The average molecular weight is 853 g/mol. The Bertz CT molecular complexity index is 4000. The third kappa shape index (κ3) is 6.57.